The Morgan fingerprint density at radius 3 is 2.03 bits per heavy atom. The normalized spacial score (nSPS) is 14.1. The molecule has 0 bridgehead atoms. The second-order valence-electron chi connectivity index (χ2n) is 8.55. The Morgan fingerprint density at radius 2 is 1.44 bits per heavy atom. The van der Waals surface area contributed by atoms with Crippen LogP contribution in [0.5, 0.6) is 11.5 Å². The summed E-state index contributed by atoms with van der Waals surface area (Å²) in [4.78, 5) is 2.54. The van der Waals surface area contributed by atoms with E-state index in [4.69, 9.17) is 9.47 Å². The Labute approximate surface area is 199 Å². The summed E-state index contributed by atoms with van der Waals surface area (Å²) in [5.41, 5.74) is 4.84. The molecular weight excluding hydrogens is 416 g/mol. The Balaban J connectivity index is 1.55. The summed E-state index contributed by atoms with van der Waals surface area (Å²) in [6.45, 7) is 11.5. The molecule has 32 heavy (non-hydrogen) atoms. The van der Waals surface area contributed by atoms with Gasteiger partial charge in [-0.3, -0.25) is 0 Å². The fraction of sp³-hybridized carbons (Fsp3) is 0.556. The van der Waals surface area contributed by atoms with Gasteiger partial charge in [0.2, 0.25) is 0 Å². The minimum absolute atomic E-state index is 0.732. The van der Waals surface area contributed by atoms with Gasteiger partial charge >= 0.3 is 0 Å². The van der Waals surface area contributed by atoms with Crippen LogP contribution in [0.25, 0.3) is 11.1 Å². The van der Waals surface area contributed by atoms with Gasteiger partial charge in [-0.25, -0.2) is 0 Å². The number of ether oxygens (including phenoxy) is 2. The number of benzene rings is 2. The van der Waals surface area contributed by atoms with Crippen molar-refractivity contribution >= 4 is 11.8 Å². The SMILES string of the molecule is CSCCNCCCOc1cccc(-c2cccc(OCCCN3CCCC3)c2C)c1C. The molecule has 0 spiro atoms. The standard InChI is InChI=1S/C27H40N2O2S/c1-22-24(10-6-12-26(22)30-19-8-14-28-15-21-32-3)25-11-7-13-27(23(25)2)31-20-9-18-29-16-4-5-17-29/h6-7,10-13,28H,4-5,8-9,14-21H2,1-3H3. The first kappa shape index (κ1) is 24.9. The molecule has 0 atom stereocenters. The average molecular weight is 457 g/mol. The number of hydrogen-bond donors (Lipinski definition) is 1. The molecule has 1 N–H and O–H groups in total. The number of nitrogens with zero attached hydrogens (tertiary/aromatic N) is 1. The van der Waals surface area contributed by atoms with Crippen LogP contribution in [-0.4, -0.2) is 62.8 Å². The van der Waals surface area contributed by atoms with Crippen LogP contribution >= 0.6 is 11.8 Å². The van der Waals surface area contributed by atoms with Crippen molar-refractivity contribution in [1.29, 1.82) is 0 Å². The van der Waals surface area contributed by atoms with Crippen LogP contribution in [0, 0.1) is 13.8 Å². The third-order valence-electron chi connectivity index (χ3n) is 6.17. The minimum Gasteiger partial charge on any atom is -0.493 e. The maximum Gasteiger partial charge on any atom is 0.122 e. The predicted molar refractivity (Wildman–Crippen MR) is 139 cm³/mol. The molecule has 1 aliphatic heterocycles. The number of thioether (sulfide) groups is 1. The molecule has 2 aromatic carbocycles. The number of hydrogen-bond acceptors (Lipinski definition) is 5. The minimum atomic E-state index is 0.732. The smallest absolute Gasteiger partial charge is 0.122 e. The average Bonchev–Trinajstić information content (AvgIpc) is 3.32. The van der Waals surface area contributed by atoms with E-state index < -0.39 is 0 Å². The number of rotatable bonds is 14. The van der Waals surface area contributed by atoms with Gasteiger partial charge in [0.15, 0.2) is 0 Å². The lowest BCUT2D eigenvalue weighted by Crippen LogP contribution is -2.22. The molecule has 5 heteroatoms. The number of likely N-dealkylation sites (tertiary alicyclic amines) is 1. The molecule has 0 unspecified atom stereocenters. The molecule has 2 aromatic rings. The second-order valence-corrected chi connectivity index (χ2v) is 9.54. The van der Waals surface area contributed by atoms with E-state index in [1.165, 1.54) is 48.2 Å². The van der Waals surface area contributed by atoms with Crippen molar-refractivity contribution in [2.75, 3.05) is 57.9 Å². The van der Waals surface area contributed by atoms with Crippen LogP contribution < -0.4 is 14.8 Å². The van der Waals surface area contributed by atoms with Crippen molar-refractivity contribution in [2.45, 2.75) is 39.5 Å². The fourth-order valence-electron chi connectivity index (χ4n) is 4.28. The summed E-state index contributed by atoms with van der Waals surface area (Å²) in [5.74, 6) is 3.12. The van der Waals surface area contributed by atoms with Crippen LogP contribution in [0.2, 0.25) is 0 Å². The lowest BCUT2D eigenvalue weighted by Gasteiger charge is -2.18. The zero-order chi connectivity index (χ0) is 22.6. The van der Waals surface area contributed by atoms with Crippen LogP contribution in [0.1, 0.15) is 36.8 Å². The van der Waals surface area contributed by atoms with Gasteiger partial charge in [-0.15, -0.1) is 0 Å². The fourth-order valence-corrected chi connectivity index (χ4v) is 4.63. The summed E-state index contributed by atoms with van der Waals surface area (Å²) in [6, 6.07) is 12.7. The van der Waals surface area contributed by atoms with Crippen molar-refractivity contribution in [1.82, 2.24) is 10.2 Å². The lowest BCUT2D eigenvalue weighted by molar-refractivity contribution is 0.262. The largest absolute Gasteiger partial charge is 0.493 e. The quantitative estimate of drug-likeness (QED) is 0.377. The monoisotopic (exact) mass is 456 g/mol. The third-order valence-corrected chi connectivity index (χ3v) is 6.78. The Kier molecular flexibility index (Phi) is 10.7. The van der Waals surface area contributed by atoms with E-state index in [0.717, 1.165) is 62.9 Å². The van der Waals surface area contributed by atoms with Crippen molar-refractivity contribution in [3.05, 3.63) is 47.5 Å². The first-order valence-electron chi connectivity index (χ1n) is 12.1. The van der Waals surface area contributed by atoms with Crippen LogP contribution in [-0.2, 0) is 0 Å². The van der Waals surface area contributed by atoms with E-state index >= 15 is 0 Å². The molecule has 176 valence electrons. The summed E-state index contributed by atoms with van der Waals surface area (Å²) >= 11 is 1.87. The van der Waals surface area contributed by atoms with Gasteiger partial charge in [-0.2, -0.15) is 11.8 Å². The van der Waals surface area contributed by atoms with Crippen LogP contribution in [0.4, 0.5) is 0 Å². The Bertz CT molecular complexity index is 821. The molecule has 0 aromatic heterocycles. The Hall–Kier alpha value is -1.69. The van der Waals surface area contributed by atoms with Crippen LogP contribution in [0.15, 0.2) is 36.4 Å². The van der Waals surface area contributed by atoms with E-state index in [9.17, 15) is 0 Å². The van der Waals surface area contributed by atoms with Crippen molar-refractivity contribution in [3.8, 4) is 22.6 Å². The molecule has 1 saturated heterocycles. The first-order chi connectivity index (χ1) is 15.7. The molecule has 0 aliphatic carbocycles. The van der Waals surface area contributed by atoms with Gasteiger partial charge in [0.1, 0.15) is 11.5 Å². The highest BCUT2D eigenvalue weighted by molar-refractivity contribution is 7.98. The van der Waals surface area contributed by atoms with Gasteiger partial charge in [0.25, 0.3) is 0 Å². The molecular formula is C27H40N2O2S. The van der Waals surface area contributed by atoms with Gasteiger partial charge in [0.05, 0.1) is 13.2 Å². The topological polar surface area (TPSA) is 33.7 Å². The van der Waals surface area contributed by atoms with E-state index in [1.807, 2.05) is 11.8 Å². The van der Waals surface area contributed by atoms with E-state index in [0.29, 0.717) is 0 Å². The molecule has 4 nitrogen and oxygen atoms in total. The molecule has 0 amide bonds. The maximum absolute atomic E-state index is 6.18. The van der Waals surface area contributed by atoms with Gasteiger partial charge in [-0.05, 0) is 99.8 Å². The van der Waals surface area contributed by atoms with E-state index in [-0.39, 0.29) is 0 Å². The van der Waals surface area contributed by atoms with E-state index in [2.05, 4.69) is 66.7 Å². The van der Waals surface area contributed by atoms with Crippen LogP contribution in [0.3, 0.4) is 0 Å². The number of nitrogens with one attached hydrogen (secondary N) is 1. The highest BCUT2D eigenvalue weighted by Gasteiger charge is 2.13. The van der Waals surface area contributed by atoms with Crippen molar-refractivity contribution in [2.24, 2.45) is 0 Å². The zero-order valence-electron chi connectivity index (χ0n) is 20.1. The molecule has 1 heterocycles. The molecule has 1 fully saturated rings. The van der Waals surface area contributed by atoms with Crippen molar-refractivity contribution in [3.63, 3.8) is 0 Å². The zero-order valence-corrected chi connectivity index (χ0v) is 20.9. The third kappa shape index (κ3) is 7.43. The molecule has 0 saturated carbocycles. The summed E-state index contributed by atoms with van der Waals surface area (Å²) in [7, 11) is 0. The maximum atomic E-state index is 6.18. The summed E-state index contributed by atoms with van der Waals surface area (Å²) < 4.78 is 12.3. The highest BCUT2D eigenvalue weighted by Crippen LogP contribution is 2.35. The predicted octanol–water partition coefficient (Wildman–Crippen LogP) is 5.56. The molecule has 1 aliphatic rings. The van der Waals surface area contributed by atoms with E-state index in [1.54, 1.807) is 0 Å². The second kappa shape index (κ2) is 13.8. The van der Waals surface area contributed by atoms with Gasteiger partial charge < -0.3 is 19.7 Å². The van der Waals surface area contributed by atoms with Gasteiger partial charge in [0, 0.05) is 18.8 Å². The molecule has 3 rings (SSSR count). The highest BCUT2D eigenvalue weighted by atomic mass is 32.2. The summed E-state index contributed by atoms with van der Waals surface area (Å²) in [6.07, 6.45) is 6.92. The lowest BCUT2D eigenvalue weighted by atomic mass is 9.95. The van der Waals surface area contributed by atoms with Gasteiger partial charge in [-0.1, -0.05) is 24.3 Å². The van der Waals surface area contributed by atoms with Crippen molar-refractivity contribution < 1.29 is 9.47 Å². The molecule has 0 radical (unpaired) electrons. The Morgan fingerprint density at radius 1 is 0.844 bits per heavy atom. The first-order valence-corrected chi connectivity index (χ1v) is 13.5. The summed E-state index contributed by atoms with van der Waals surface area (Å²) in [5, 5.41) is 3.46.